The Labute approximate surface area is 100 Å². The third-order valence-electron chi connectivity index (χ3n) is 2.45. The summed E-state index contributed by atoms with van der Waals surface area (Å²) in [5.41, 5.74) is 0.468. The molecule has 17 heavy (non-hydrogen) atoms. The molecule has 0 spiro atoms. The molecule has 0 aromatic carbocycles. The number of amides is 1. The maximum absolute atomic E-state index is 12.1. The van der Waals surface area contributed by atoms with Crippen molar-refractivity contribution in [1.29, 1.82) is 0 Å². The lowest BCUT2D eigenvalue weighted by atomic mass is 10.1. The monoisotopic (exact) mass is 239 g/mol. The molecule has 0 atom stereocenters. The van der Waals surface area contributed by atoms with Gasteiger partial charge in [-0.2, -0.15) is 0 Å². The first-order chi connectivity index (χ1) is 8.10. The van der Waals surface area contributed by atoms with Crippen molar-refractivity contribution >= 4 is 11.9 Å². The van der Waals surface area contributed by atoms with Crippen LogP contribution in [0.15, 0.2) is 16.7 Å². The fourth-order valence-corrected chi connectivity index (χ4v) is 1.61. The third-order valence-corrected chi connectivity index (χ3v) is 2.45. The van der Waals surface area contributed by atoms with E-state index in [1.54, 1.807) is 13.0 Å². The second-order valence-electron chi connectivity index (χ2n) is 3.72. The number of carbonyl (C=O) groups is 2. The first-order valence-corrected chi connectivity index (χ1v) is 5.67. The minimum absolute atomic E-state index is 0.285. The van der Waals surface area contributed by atoms with Gasteiger partial charge in [0.15, 0.2) is 0 Å². The van der Waals surface area contributed by atoms with E-state index in [0.717, 1.165) is 6.42 Å². The Morgan fingerprint density at radius 1 is 1.41 bits per heavy atom. The summed E-state index contributed by atoms with van der Waals surface area (Å²) in [7, 11) is 0. The normalized spacial score (nSPS) is 10.2. The molecule has 1 N–H and O–H groups in total. The molecule has 1 aromatic heterocycles. The van der Waals surface area contributed by atoms with E-state index in [9.17, 15) is 9.59 Å². The second kappa shape index (κ2) is 6.08. The standard InChI is InChI=1S/C12H17NO4/c1-3-5-10-9(6-7-17-10)12(16)13(4-2)8-11(14)15/h6-7H,3-5,8H2,1-2H3,(H,14,15). The number of aryl methyl sites for hydroxylation is 1. The minimum atomic E-state index is -1.01. The first-order valence-electron chi connectivity index (χ1n) is 5.67. The van der Waals surface area contributed by atoms with E-state index in [2.05, 4.69) is 0 Å². The van der Waals surface area contributed by atoms with Crippen LogP contribution in [0.1, 0.15) is 36.4 Å². The molecule has 5 heteroatoms. The van der Waals surface area contributed by atoms with Gasteiger partial charge >= 0.3 is 5.97 Å². The summed E-state index contributed by atoms with van der Waals surface area (Å²) < 4.78 is 5.23. The maximum Gasteiger partial charge on any atom is 0.323 e. The van der Waals surface area contributed by atoms with Gasteiger partial charge in [-0.25, -0.2) is 0 Å². The van der Waals surface area contributed by atoms with E-state index < -0.39 is 5.97 Å². The summed E-state index contributed by atoms with van der Waals surface area (Å²) in [5, 5.41) is 8.72. The number of hydrogen-bond donors (Lipinski definition) is 1. The fraction of sp³-hybridized carbons (Fsp3) is 0.500. The number of carbonyl (C=O) groups excluding carboxylic acids is 1. The van der Waals surface area contributed by atoms with Crippen molar-refractivity contribution in [1.82, 2.24) is 4.90 Å². The number of aliphatic carboxylic acids is 1. The fourth-order valence-electron chi connectivity index (χ4n) is 1.61. The smallest absolute Gasteiger partial charge is 0.323 e. The van der Waals surface area contributed by atoms with Crippen molar-refractivity contribution in [2.75, 3.05) is 13.1 Å². The van der Waals surface area contributed by atoms with Crippen molar-refractivity contribution in [3.63, 3.8) is 0 Å². The predicted octanol–water partition coefficient (Wildman–Crippen LogP) is 1.78. The van der Waals surface area contributed by atoms with E-state index >= 15 is 0 Å². The van der Waals surface area contributed by atoms with Crippen molar-refractivity contribution < 1.29 is 19.1 Å². The van der Waals surface area contributed by atoms with Crippen LogP contribution in [0, 0.1) is 0 Å². The molecule has 0 unspecified atom stereocenters. The average molecular weight is 239 g/mol. The molecular weight excluding hydrogens is 222 g/mol. The largest absolute Gasteiger partial charge is 0.480 e. The summed E-state index contributed by atoms with van der Waals surface area (Å²) in [6.45, 7) is 3.82. The molecule has 0 fully saturated rings. The number of carboxylic acid groups (broad SMARTS) is 1. The quantitative estimate of drug-likeness (QED) is 0.821. The molecule has 1 heterocycles. The van der Waals surface area contributed by atoms with Crippen molar-refractivity contribution in [3.05, 3.63) is 23.7 Å². The number of rotatable bonds is 6. The summed E-state index contributed by atoms with van der Waals surface area (Å²) >= 11 is 0. The Morgan fingerprint density at radius 2 is 2.12 bits per heavy atom. The van der Waals surface area contributed by atoms with E-state index in [1.807, 2.05) is 6.92 Å². The van der Waals surface area contributed by atoms with Crippen LogP contribution in [0.5, 0.6) is 0 Å². The summed E-state index contributed by atoms with van der Waals surface area (Å²) in [5.74, 6) is -0.672. The Balaban J connectivity index is 2.85. The van der Waals surface area contributed by atoms with Crippen LogP contribution in [-0.2, 0) is 11.2 Å². The van der Waals surface area contributed by atoms with Gasteiger partial charge in [-0.05, 0) is 19.4 Å². The molecule has 1 aromatic rings. The van der Waals surface area contributed by atoms with Gasteiger partial charge in [0, 0.05) is 13.0 Å². The minimum Gasteiger partial charge on any atom is -0.480 e. The lowest BCUT2D eigenvalue weighted by molar-refractivity contribution is -0.137. The van der Waals surface area contributed by atoms with Gasteiger partial charge in [0.1, 0.15) is 12.3 Å². The topological polar surface area (TPSA) is 70.8 Å². The molecular formula is C12H17NO4. The van der Waals surface area contributed by atoms with Gasteiger partial charge < -0.3 is 14.4 Å². The zero-order valence-corrected chi connectivity index (χ0v) is 10.1. The molecule has 0 aliphatic carbocycles. The number of nitrogens with zero attached hydrogens (tertiary/aromatic N) is 1. The van der Waals surface area contributed by atoms with Crippen LogP contribution < -0.4 is 0 Å². The van der Waals surface area contributed by atoms with Crippen LogP contribution >= 0.6 is 0 Å². The van der Waals surface area contributed by atoms with E-state index in [-0.39, 0.29) is 12.5 Å². The highest BCUT2D eigenvalue weighted by atomic mass is 16.4. The number of furan rings is 1. The zero-order chi connectivity index (χ0) is 12.8. The van der Waals surface area contributed by atoms with Gasteiger partial charge in [0.05, 0.1) is 11.8 Å². The highest BCUT2D eigenvalue weighted by Crippen LogP contribution is 2.15. The van der Waals surface area contributed by atoms with Gasteiger partial charge in [-0.15, -0.1) is 0 Å². The van der Waals surface area contributed by atoms with Gasteiger partial charge in [0.2, 0.25) is 0 Å². The van der Waals surface area contributed by atoms with Crippen molar-refractivity contribution in [3.8, 4) is 0 Å². The molecule has 1 rings (SSSR count). The number of hydrogen-bond acceptors (Lipinski definition) is 3. The van der Waals surface area contributed by atoms with Crippen LogP contribution in [0.25, 0.3) is 0 Å². The summed E-state index contributed by atoms with van der Waals surface area (Å²) in [6.07, 6.45) is 3.02. The van der Waals surface area contributed by atoms with Crippen molar-refractivity contribution in [2.24, 2.45) is 0 Å². The number of carboxylic acids is 1. The van der Waals surface area contributed by atoms with Gasteiger partial charge in [0.25, 0.3) is 5.91 Å². The molecule has 0 bridgehead atoms. The molecule has 1 amide bonds. The maximum atomic E-state index is 12.1. The SMILES string of the molecule is CCCc1occc1C(=O)N(CC)CC(=O)O. The highest BCUT2D eigenvalue weighted by Gasteiger charge is 2.21. The molecule has 0 saturated heterocycles. The van der Waals surface area contributed by atoms with Crippen LogP contribution in [0.4, 0.5) is 0 Å². The summed E-state index contributed by atoms with van der Waals surface area (Å²) in [6, 6.07) is 1.60. The Kier molecular flexibility index (Phi) is 4.75. The second-order valence-corrected chi connectivity index (χ2v) is 3.72. The van der Waals surface area contributed by atoms with Gasteiger partial charge in [-0.1, -0.05) is 6.92 Å². The average Bonchev–Trinajstić information content (AvgIpc) is 2.73. The highest BCUT2D eigenvalue weighted by molar-refractivity contribution is 5.96. The number of likely N-dealkylation sites (N-methyl/N-ethyl adjacent to an activating group) is 1. The lowest BCUT2D eigenvalue weighted by Crippen LogP contribution is -2.35. The van der Waals surface area contributed by atoms with Gasteiger partial charge in [-0.3, -0.25) is 9.59 Å². The van der Waals surface area contributed by atoms with Crippen LogP contribution in [0.3, 0.4) is 0 Å². The Hall–Kier alpha value is -1.78. The lowest BCUT2D eigenvalue weighted by Gasteiger charge is -2.18. The first kappa shape index (κ1) is 13.3. The van der Waals surface area contributed by atoms with Crippen molar-refractivity contribution in [2.45, 2.75) is 26.7 Å². The predicted molar refractivity (Wildman–Crippen MR) is 61.9 cm³/mol. The molecule has 0 aliphatic heterocycles. The molecule has 0 radical (unpaired) electrons. The van der Waals surface area contributed by atoms with Crippen LogP contribution in [0.2, 0.25) is 0 Å². The third kappa shape index (κ3) is 3.34. The molecule has 0 aliphatic rings. The molecule has 94 valence electrons. The molecule has 5 nitrogen and oxygen atoms in total. The summed E-state index contributed by atoms with van der Waals surface area (Å²) in [4.78, 5) is 24.0. The Bertz CT molecular complexity index is 397. The van der Waals surface area contributed by atoms with E-state index in [0.29, 0.717) is 24.3 Å². The zero-order valence-electron chi connectivity index (χ0n) is 10.1. The molecule has 0 saturated carbocycles. The van der Waals surface area contributed by atoms with E-state index in [1.165, 1.54) is 11.2 Å². The Morgan fingerprint density at radius 3 is 2.65 bits per heavy atom. The van der Waals surface area contributed by atoms with Crippen LogP contribution in [-0.4, -0.2) is 35.0 Å². The van der Waals surface area contributed by atoms with E-state index in [4.69, 9.17) is 9.52 Å².